The standard InChI is InChI=1S/C14H11F2N3Se/c1-8(9-5-6-10(15)11(16)7-9)17-12-3-2-4-13-14(12)19-20-18-13/h2-8,17H,1H3. The Morgan fingerprint density at radius 2 is 1.95 bits per heavy atom. The molecule has 0 saturated carbocycles. The van der Waals surface area contributed by atoms with Crippen molar-refractivity contribution in [1.82, 2.24) is 7.96 Å². The van der Waals surface area contributed by atoms with E-state index in [4.69, 9.17) is 0 Å². The number of aromatic nitrogens is 2. The van der Waals surface area contributed by atoms with Crippen molar-refractivity contribution in [2.24, 2.45) is 0 Å². The Labute approximate surface area is 120 Å². The van der Waals surface area contributed by atoms with Crippen molar-refractivity contribution in [3.63, 3.8) is 0 Å². The van der Waals surface area contributed by atoms with Crippen molar-refractivity contribution in [1.29, 1.82) is 0 Å². The van der Waals surface area contributed by atoms with E-state index in [1.807, 2.05) is 25.1 Å². The fourth-order valence-corrected chi connectivity index (χ4v) is 3.17. The van der Waals surface area contributed by atoms with Crippen LogP contribution in [-0.2, 0) is 0 Å². The van der Waals surface area contributed by atoms with Crippen LogP contribution < -0.4 is 5.32 Å². The van der Waals surface area contributed by atoms with Gasteiger partial charge < -0.3 is 0 Å². The van der Waals surface area contributed by atoms with Crippen molar-refractivity contribution in [3.8, 4) is 0 Å². The third-order valence-corrected chi connectivity index (χ3v) is 4.24. The summed E-state index contributed by atoms with van der Waals surface area (Å²) in [4.78, 5) is 0. The zero-order valence-corrected chi connectivity index (χ0v) is 12.3. The molecule has 2 aromatic carbocycles. The number of benzene rings is 2. The zero-order chi connectivity index (χ0) is 14.1. The van der Waals surface area contributed by atoms with Crippen molar-refractivity contribution in [2.75, 3.05) is 5.32 Å². The van der Waals surface area contributed by atoms with Crippen LogP contribution in [0.5, 0.6) is 0 Å². The summed E-state index contributed by atoms with van der Waals surface area (Å²) in [5.74, 6) is -1.67. The monoisotopic (exact) mass is 339 g/mol. The molecular weight excluding hydrogens is 327 g/mol. The molecule has 1 atom stereocenters. The van der Waals surface area contributed by atoms with Gasteiger partial charge in [0.15, 0.2) is 0 Å². The first-order chi connectivity index (χ1) is 9.65. The molecule has 0 fully saturated rings. The Balaban J connectivity index is 1.90. The van der Waals surface area contributed by atoms with Gasteiger partial charge in [-0.2, -0.15) is 0 Å². The van der Waals surface area contributed by atoms with Gasteiger partial charge in [-0.3, -0.25) is 0 Å². The van der Waals surface area contributed by atoms with Crippen molar-refractivity contribution in [3.05, 3.63) is 53.6 Å². The van der Waals surface area contributed by atoms with Gasteiger partial charge in [-0.25, -0.2) is 0 Å². The van der Waals surface area contributed by atoms with E-state index in [1.54, 1.807) is 6.07 Å². The van der Waals surface area contributed by atoms with E-state index in [-0.39, 0.29) is 21.0 Å². The first kappa shape index (κ1) is 13.2. The Hall–Kier alpha value is -1.78. The Kier molecular flexibility index (Phi) is 3.51. The van der Waals surface area contributed by atoms with Crippen LogP contribution >= 0.6 is 0 Å². The molecule has 0 aliphatic carbocycles. The van der Waals surface area contributed by atoms with Gasteiger partial charge in [0.25, 0.3) is 0 Å². The molecule has 0 aliphatic heterocycles. The van der Waals surface area contributed by atoms with Crippen LogP contribution in [0.15, 0.2) is 36.4 Å². The van der Waals surface area contributed by atoms with Crippen molar-refractivity contribution in [2.45, 2.75) is 13.0 Å². The fourth-order valence-electron chi connectivity index (χ4n) is 2.02. The molecule has 3 rings (SSSR count). The van der Waals surface area contributed by atoms with Gasteiger partial charge in [0.2, 0.25) is 0 Å². The van der Waals surface area contributed by atoms with Gasteiger partial charge in [0, 0.05) is 0 Å². The van der Waals surface area contributed by atoms with E-state index in [0.717, 1.165) is 22.8 Å². The quantitative estimate of drug-likeness (QED) is 0.746. The number of hydrogen-bond donors (Lipinski definition) is 1. The van der Waals surface area contributed by atoms with E-state index >= 15 is 0 Å². The van der Waals surface area contributed by atoms with E-state index in [1.165, 1.54) is 6.07 Å². The van der Waals surface area contributed by atoms with Crippen LogP contribution in [0.3, 0.4) is 0 Å². The second kappa shape index (κ2) is 5.31. The van der Waals surface area contributed by atoms with Crippen molar-refractivity contribution < 1.29 is 8.78 Å². The van der Waals surface area contributed by atoms with Crippen LogP contribution in [0.25, 0.3) is 11.0 Å². The summed E-state index contributed by atoms with van der Waals surface area (Å²) in [7, 11) is 0. The Morgan fingerprint density at radius 1 is 1.10 bits per heavy atom. The van der Waals surface area contributed by atoms with Gasteiger partial charge in [0.1, 0.15) is 0 Å². The third-order valence-electron chi connectivity index (χ3n) is 3.10. The van der Waals surface area contributed by atoms with Gasteiger partial charge in [-0.15, -0.1) is 0 Å². The first-order valence-corrected chi connectivity index (χ1v) is 7.61. The summed E-state index contributed by atoms with van der Waals surface area (Å²) in [6.45, 7) is 1.89. The minimum absolute atomic E-state index is 0.0919. The molecule has 0 spiro atoms. The molecule has 1 aromatic heterocycles. The molecule has 0 saturated heterocycles. The average Bonchev–Trinajstić information content (AvgIpc) is 2.91. The summed E-state index contributed by atoms with van der Waals surface area (Å²) in [6, 6.07) is 9.50. The Bertz CT molecular complexity index is 757. The van der Waals surface area contributed by atoms with E-state index < -0.39 is 11.6 Å². The predicted octanol–water partition coefficient (Wildman–Crippen LogP) is 3.14. The van der Waals surface area contributed by atoms with Gasteiger partial charge >= 0.3 is 120 Å². The number of halogens is 2. The van der Waals surface area contributed by atoms with E-state index in [2.05, 4.69) is 13.3 Å². The van der Waals surface area contributed by atoms with Crippen LogP contribution in [0.1, 0.15) is 18.5 Å². The van der Waals surface area contributed by atoms with Crippen molar-refractivity contribution >= 4 is 31.7 Å². The molecule has 0 aliphatic rings. The molecule has 3 nitrogen and oxygen atoms in total. The summed E-state index contributed by atoms with van der Waals surface area (Å²) in [5, 5.41) is 3.27. The van der Waals surface area contributed by atoms with E-state index in [0.29, 0.717) is 5.56 Å². The minimum atomic E-state index is -0.836. The second-order valence-electron chi connectivity index (χ2n) is 4.48. The Morgan fingerprint density at radius 3 is 2.75 bits per heavy atom. The number of hydrogen-bond acceptors (Lipinski definition) is 3. The molecule has 0 radical (unpaired) electrons. The van der Waals surface area contributed by atoms with Gasteiger partial charge in [0.05, 0.1) is 0 Å². The second-order valence-corrected chi connectivity index (χ2v) is 5.59. The average molecular weight is 338 g/mol. The van der Waals surface area contributed by atoms with Gasteiger partial charge in [-0.05, 0) is 0 Å². The van der Waals surface area contributed by atoms with Crippen LogP contribution in [0.4, 0.5) is 14.5 Å². The molecule has 6 heteroatoms. The zero-order valence-electron chi connectivity index (χ0n) is 10.6. The number of anilines is 1. The van der Waals surface area contributed by atoms with E-state index in [9.17, 15) is 8.78 Å². The molecule has 3 aromatic rings. The topological polar surface area (TPSA) is 37.8 Å². The molecule has 20 heavy (non-hydrogen) atoms. The van der Waals surface area contributed by atoms with Crippen LogP contribution in [0.2, 0.25) is 0 Å². The number of nitrogens with zero attached hydrogens (tertiary/aromatic N) is 2. The number of fused-ring (bicyclic) bond motifs is 1. The van der Waals surface area contributed by atoms with Gasteiger partial charge in [-0.1, -0.05) is 0 Å². The maximum absolute atomic E-state index is 13.3. The summed E-state index contributed by atoms with van der Waals surface area (Å²) in [5.41, 5.74) is 3.28. The normalized spacial score (nSPS) is 12.6. The predicted molar refractivity (Wildman–Crippen MR) is 74.9 cm³/mol. The first-order valence-electron chi connectivity index (χ1n) is 6.08. The molecule has 1 N–H and O–H groups in total. The fraction of sp³-hybridized carbons (Fsp3) is 0.143. The van der Waals surface area contributed by atoms with Crippen LogP contribution in [-0.4, -0.2) is 22.9 Å². The number of nitrogens with one attached hydrogen (secondary N) is 1. The molecule has 0 bridgehead atoms. The third kappa shape index (κ3) is 2.44. The van der Waals surface area contributed by atoms with Crippen LogP contribution in [0, 0.1) is 11.6 Å². The summed E-state index contributed by atoms with van der Waals surface area (Å²) in [6.07, 6.45) is 0. The molecule has 1 unspecified atom stereocenters. The molecule has 1 heterocycles. The maximum atomic E-state index is 13.3. The molecular formula is C14H11F2N3Se. The summed E-state index contributed by atoms with van der Waals surface area (Å²) < 4.78 is 34.9. The number of rotatable bonds is 3. The summed E-state index contributed by atoms with van der Waals surface area (Å²) >= 11 is -0.0919. The SMILES string of the molecule is CC(Nc1cccc2n[se]nc12)c1ccc(F)c(F)c1. The molecule has 102 valence electrons. The molecule has 0 amide bonds.